The number of rotatable bonds is 16. The van der Waals surface area contributed by atoms with E-state index in [1.165, 1.54) is 83.5 Å². The normalized spacial score (nSPS) is 10.4. The van der Waals surface area contributed by atoms with Crippen LogP contribution in [0.3, 0.4) is 0 Å². The number of nitrogens with one attached hydrogen (secondary N) is 1. The molecule has 0 aromatic carbocycles. The number of nitrogens with zero attached hydrogens (tertiary/aromatic N) is 1. The number of nitriles is 1. The van der Waals surface area contributed by atoms with Crippen molar-refractivity contribution in [2.45, 2.75) is 110 Å². The first-order valence-corrected chi connectivity index (χ1v) is 9.49. The van der Waals surface area contributed by atoms with Gasteiger partial charge in [0, 0.05) is 6.42 Å². The third-order valence-corrected chi connectivity index (χ3v) is 4.20. The van der Waals surface area contributed by atoms with Gasteiger partial charge in [0.05, 0.1) is 0 Å². The molecule has 22 heavy (non-hydrogen) atoms. The largest absolute Gasteiger partial charge is 0.274 e. The van der Waals surface area contributed by atoms with Gasteiger partial charge in [-0.3, -0.25) is 10.1 Å². The summed E-state index contributed by atoms with van der Waals surface area (Å²) in [5, 5.41) is 10.4. The monoisotopic (exact) mass is 308 g/mol. The lowest BCUT2D eigenvalue weighted by Gasteiger charge is -2.03. The minimum Gasteiger partial charge on any atom is -0.274 e. The van der Waals surface area contributed by atoms with E-state index in [4.69, 9.17) is 5.26 Å². The summed E-state index contributed by atoms with van der Waals surface area (Å²) in [7, 11) is 0. The zero-order chi connectivity index (χ0) is 16.3. The van der Waals surface area contributed by atoms with E-state index in [0.29, 0.717) is 6.42 Å². The second-order valence-electron chi connectivity index (χ2n) is 6.36. The van der Waals surface area contributed by atoms with Gasteiger partial charge < -0.3 is 0 Å². The Hall–Kier alpha value is -1.04. The highest BCUT2D eigenvalue weighted by atomic mass is 16.1. The van der Waals surface area contributed by atoms with E-state index < -0.39 is 0 Å². The first-order valence-electron chi connectivity index (χ1n) is 9.49. The van der Waals surface area contributed by atoms with Gasteiger partial charge in [0.1, 0.15) is 0 Å². The van der Waals surface area contributed by atoms with E-state index in [1.807, 2.05) is 0 Å². The molecule has 0 aliphatic rings. The second-order valence-corrected chi connectivity index (χ2v) is 6.36. The highest BCUT2D eigenvalue weighted by Gasteiger charge is 1.99. The molecule has 0 spiro atoms. The molecule has 0 aromatic heterocycles. The van der Waals surface area contributed by atoms with Crippen molar-refractivity contribution in [1.82, 2.24) is 5.32 Å². The van der Waals surface area contributed by atoms with Gasteiger partial charge in [-0.05, 0) is 6.42 Å². The lowest BCUT2D eigenvalue weighted by Crippen LogP contribution is -2.16. The van der Waals surface area contributed by atoms with Crippen molar-refractivity contribution in [2.75, 3.05) is 0 Å². The topological polar surface area (TPSA) is 52.9 Å². The highest BCUT2D eigenvalue weighted by molar-refractivity contribution is 5.77. The van der Waals surface area contributed by atoms with Crippen LogP contribution < -0.4 is 5.32 Å². The summed E-state index contributed by atoms with van der Waals surface area (Å²) in [6, 6.07) is 0. The molecular formula is C19H36N2O. The van der Waals surface area contributed by atoms with Gasteiger partial charge >= 0.3 is 0 Å². The third-order valence-electron chi connectivity index (χ3n) is 4.20. The van der Waals surface area contributed by atoms with E-state index in [-0.39, 0.29) is 5.91 Å². The smallest absolute Gasteiger partial charge is 0.232 e. The molecule has 0 unspecified atom stereocenters. The van der Waals surface area contributed by atoms with E-state index >= 15 is 0 Å². The van der Waals surface area contributed by atoms with Gasteiger partial charge in [0.25, 0.3) is 0 Å². The fourth-order valence-corrected chi connectivity index (χ4v) is 2.78. The maximum absolute atomic E-state index is 11.0. The molecule has 0 aliphatic carbocycles. The molecule has 0 heterocycles. The summed E-state index contributed by atoms with van der Waals surface area (Å²) in [5.41, 5.74) is 0. The molecule has 0 saturated carbocycles. The average molecular weight is 309 g/mol. The summed E-state index contributed by atoms with van der Waals surface area (Å²) in [4.78, 5) is 11.0. The van der Waals surface area contributed by atoms with Crippen molar-refractivity contribution in [1.29, 1.82) is 5.26 Å². The van der Waals surface area contributed by atoms with Gasteiger partial charge in [-0.2, -0.15) is 5.26 Å². The van der Waals surface area contributed by atoms with Crippen LogP contribution in [0, 0.1) is 11.5 Å². The molecule has 3 nitrogen and oxygen atoms in total. The molecule has 0 bridgehead atoms. The Bertz CT molecular complexity index is 284. The Morgan fingerprint density at radius 3 is 1.45 bits per heavy atom. The molecule has 3 heteroatoms. The van der Waals surface area contributed by atoms with Crippen molar-refractivity contribution in [2.24, 2.45) is 0 Å². The van der Waals surface area contributed by atoms with Gasteiger partial charge in [-0.25, -0.2) is 0 Å². The van der Waals surface area contributed by atoms with E-state index in [1.54, 1.807) is 6.19 Å². The summed E-state index contributed by atoms with van der Waals surface area (Å²) in [6.07, 6.45) is 22.1. The molecule has 128 valence electrons. The van der Waals surface area contributed by atoms with Crippen LogP contribution in [-0.4, -0.2) is 5.91 Å². The molecule has 0 radical (unpaired) electrons. The quantitative estimate of drug-likeness (QED) is 0.221. The number of amides is 1. The Balaban J connectivity index is 3.03. The van der Waals surface area contributed by atoms with Gasteiger partial charge in [0.15, 0.2) is 6.19 Å². The van der Waals surface area contributed by atoms with Crippen LogP contribution in [0.4, 0.5) is 0 Å². The minimum absolute atomic E-state index is 0.141. The van der Waals surface area contributed by atoms with Crippen molar-refractivity contribution in [3.05, 3.63) is 0 Å². The highest BCUT2D eigenvalue weighted by Crippen LogP contribution is 2.13. The van der Waals surface area contributed by atoms with Crippen molar-refractivity contribution in [3.8, 4) is 6.19 Å². The summed E-state index contributed by atoms with van der Waals surface area (Å²) < 4.78 is 0. The zero-order valence-electron chi connectivity index (χ0n) is 14.7. The lowest BCUT2D eigenvalue weighted by atomic mass is 10.0. The molecule has 0 aliphatic heterocycles. The maximum atomic E-state index is 11.0. The Morgan fingerprint density at radius 1 is 0.727 bits per heavy atom. The first-order chi connectivity index (χ1) is 10.8. The molecule has 1 amide bonds. The first kappa shape index (κ1) is 21.0. The Morgan fingerprint density at radius 2 is 1.09 bits per heavy atom. The van der Waals surface area contributed by atoms with Crippen molar-refractivity contribution < 1.29 is 4.79 Å². The Kier molecular flexibility index (Phi) is 17.2. The molecule has 0 rings (SSSR count). The zero-order valence-corrected chi connectivity index (χ0v) is 14.7. The predicted octanol–water partition coefficient (Wildman–Crippen LogP) is 5.85. The number of hydrogen-bond donors (Lipinski definition) is 1. The van der Waals surface area contributed by atoms with Gasteiger partial charge in [-0.15, -0.1) is 0 Å². The molecule has 0 aromatic rings. The third kappa shape index (κ3) is 17.0. The number of carbonyl (C=O) groups is 1. The Labute approximate surface area is 137 Å². The second kappa shape index (κ2) is 18.0. The fourth-order valence-electron chi connectivity index (χ4n) is 2.78. The fraction of sp³-hybridized carbons (Fsp3) is 0.895. The average Bonchev–Trinajstić information content (AvgIpc) is 2.51. The minimum atomic E-state index is -0.141. The van der Waals surface area contributed by atoms with E-state index in [2.05, 4.69) is 12.2 Å². The van der Waals surface area contributed by atoms with Gasteiger partial charge in [-0.1, -0.05) is 96.8 Å². The standard InChI is InChI=1S/C19H36N2O/c1-2-3-4-5-6-7-8-9-10-11-12-13-14-15-16-17-19(22)21-18-20/h2-17H2,1H3,(H,21,22). The van der Waals surface area contributed by atoms with Gasteiger partial charge in [0.2, 0.25) is 5.91 Å². The number of carbonyl (C=O) groups excluding carboxylic acids is 1. The van der Waals surface area contributed by atoms with E-state index in [0.717, 1.165) is 12.8 Å². The van der Waals surface area contributed by atoms with Crippen LogP contribution >= 0.6 is 0 Å². The van der Waals surface area contributed by atoms with Crippen molar-refractivity contribution in [3.63, 3.8) is 0 Å². The summed E-state index contributed by atoms with van der Waals surface area (Å²) >= 11 is 0. The summed E-state index contributed by atoms with van der Waals surface area (Å²) in [6.45, 7) is 2.27. The van der Waals surface area contributed by atoms with Crippen LogP contribution in [0.2, 0.25) is 0 Å². The molecule has 0 fully saturated rings. The molecule has 0 saturated heterocycles. The van der Waals surface area contributed by atoms with Crippen LogP contribution in [0.15, 0.2) is 0 Å². The lowest BCUT2D eigenvalue weighted by molar-refractivity contribution is -0.120. The maximum Gasteiger partial charge on any atom is 0.232 e. The molecular weight excluding hydrogens is 272 g/mol. The SMILES string of the molecule is CCCCCCCCCCCCCCCCCC(=O)NC#N. The molecule has 1 N–H and O–H groups in total. The summed E-state index contributed by atoms with van der Waals surface area (Å²) in [5.74, 6) is -0.141. The van der Waals surface area contributed by atoms with Crippen LogP contribution in [0.5, 0.6) is 0 Å². The van der Waals surface area contributed by atoms with Crippen LogP contribution in [-0.2, 0) is 4.79 Å². The van der Waals surface area contributed by atoms with E-state index in [9.17, 15) is 4.79 Å². The van der Waals surface area contributed by atoms with Crippen LogP contribution in [0.1, 0.15) is 110 Å². The van der Waals surface area contributed by atoms with Crippen LogP contribution in [0.25, 0.3) is 0 Å². The molecule has 0 atom stereocenters. The number of hydrogen-bond acceptors (Lipinski definition) is 2. The van der Waals surface area contributed by atoms with Crippen molar-refractivity contribution >= 4 is 5.91 Å². The number of unbranched alkanes of at least 4 members (excludes halogenated alkanes) is 14. The predicted molar refractivity (Wildman–Crippen MR) is 93.3 cm³/mol.